The van der Waals surface area contributed by atoms with Crippen LogP contribution in [0, 0.1) is 23.0 Å². The summed E-state index contributed by atoms with van der Waals surface area (Å²) in [6.45, 7) is 3.32. The minimum Gasteiger partial charge on any atom is -0.454 e. The van der Waals surface area contributed by atoms with Gasteiger partial charge in [0.05, 0.1) is 11.0 Å². The summed E-state index contributed by atoms with van der Waals surface area (Å²) in [5.41, 5.74) is 2.43. The molecule has 0 atom stereocenters. The molecule has 2 heterocycles. The fraction of sp³-hybridized carbons (Fsp3) is 0.409. The molecular formula is C22H24N2O5. The maximum atomic E-state index is 13.0. The smallest absolute Gasteiger partial charge is 0.286 e. The minimum atomic E-state index is -0.538. The molecule has 2 aromatic rings. The van der Waals surface area contributed by atoms with Gasteiger partial charge in [-0.1, -0.05) is 29.8 Å². The van der Waals surface area contributed by atoms with Crippen molar-refractivity contribution in [3.8, 4) is 11.5 Å². The third-order valence-electron chi connectivity index (χ3n) is 5.78. The second-order valence-corrected chi connectivity index (χ2v) is 7.74. The number of rotatable bonds is 5. The van der Waals surface area contributed by atoms with Gasteiger partial charge in [0, 0.05) is 19.2 Å². The summed E-state index contributed by atoms with van der Waals surface area (Å²) in [4.78, 5) is 25.6. The molecule has 1 fully saturated rings. The molecule has 0 aliphatic carbocycles. The minimum absolute atomic E-state index is 0.0104. The number of nitro groups is 1. The number of carbonyl (C=O) groups excluding carboxylic acids is 1. The molecule has 152 valence electrons. The molecule has 29 heavy (non-hydrogen) atoms. The second kappa shape index (κ2) is 8.11. The number of nitrogens with zero attached hydrogens (tertiary/aromatic N) is 2. The van der Waals surface area contributed by atoms with Crippen molar-refractivity contribution in [2.75, 3.05) is 19.9 Å². The van der Waals surface area contributed by atoms with Gasteiger partial charge in [0.2, 0.25) is 6.79 Å². The van der Waals surface area contributed by atoms with Crippen molar-refractivity contribution in [3.05, 3.63) is 63.2 Å². The molecule has 0 spiro atoms. The first-order chi connectivity index (χ1) is 14.0. The second-order valence-electron chi connectivity index (χ2n) is 7.74. The monoisotopic (exact) mass is 396 g/mol. The third-order valence-corrected chi connectivity index (χ3v) is 5.78. The summed E-state index contributed by atoms with van der Waals surface area (Å²) < 4.78 is 10.5. The largest absolute Gasteiger partial charge is 0.454 e. The number of benzene rings is 2. The van der Waals surface area contributed by atoms with Crippen LogP contribution in [0.2, 0.25) is 0 Å². The molecule has 2 aromatic carbocycles. The summed E-state index contributed by atoms with van der Waals surface area (Å²) in [5, 5.41) is 11.4. The molecule has 1 saturated heterocycles. The van der Waals surface area contributed by atoms with Crippen molar-refractivity contribution in [1.29, 1.82) is 0 Å². The zero-order valence-corrected chi connectivity index (χ0v) is 16.4. The molecule has 7 nitrogen and oxygen atoms in total. The predicted molar refractivity (Wildman–Crippen MR) is 107 cm³/mol. The van der Waals surface area contributed by atoms with Gasteiger partial charge in [0.15, 0.2) is 11.5 Å². The number of aryl methyl sites for hydroxylation is 2. The van der Waals surface area contributed by atoms with Gasteiger partial charge in [0.1, 0.15) is 5.56 Å². The summed E-state index contributed by atoms with van der Waals surface area (Å²) in [6.07, 6.45) is 3.95. The van der Waals surface area contributed by atoms with E-state index in [2.05, 4.69) is 31.2 Å². The molecule has 7 heteroatoms. The lowest BCUT2D eigenvalue weighted by molar-refractivity contribution is -0.385. The Bertz CT molecular complexity index is 918. The van der Waals surface area contributed by atoms with Gasteiger partial charge in [-0.05, 0) is 44.1 Å². The number of likely N-dealkylation sites (tertiary alicyclic amines) is 1. The van der Waals surface area contributed by atoms with Gasteiger partial charge >= 0.3 is 0 Å². The van der Waals surface area contributed by atoms with Crippen LogP contribution in [0.25, 0.3) is 0 Å². The van der Waals surface area contributed by atoms with E-state index in [0.717, 1.165) is 25.7 Å². The number of hydrogen-bond donors (Lipinski definition) is 0. The maximum Gasteiger partial charge on any atom is 0.286 e. The maximum absolute atomic E-state index is 13.0. The van der Waals surface area contributed by atoms with Crippen LogP contribution in [0.3, 0.4) is 0 Å². The third kappa shape index (κ3) is 4.18. The van der Waals surface area contributed by atoms with Crippen LogP contribution in [0.1, 0.15) is 40.7 Å². The summed E-state index contributed by atoms with van der Waals surface area (Å²) in [7, 11) is 0. The Kier molecular flexibility index (Phi) is 5.38. The van der Waals surface area contributed by atoms with E-state index < -0.39 is 4.92 Å². The molecule has 0 unspecified atom stereocenters. The molecule has 2 aliphatic rings. The van der Waals surface area contributed by atoms with Crippen molar-refractivity contribution >= 4 is 11.6 Å². The Hall–Kier alpha value is -3.09. The van der Waals surface area contributed by atoms with Gasteiger partial charge in [-0.2, -0.15) is 0 Å². The van der Waals surface area contributed by atoms with Crippen LogP contribution in [-0.2, 0) is 6.42 Å². The molecule has 0 N–H and O–H groups in total. The highest BCUT2D eigenvalue weighted by Crippen LogP contribution is 2.38. The van der Waals surface area contributed by atoms with E-state index in [1.54, 1.807) is 4.90 Å². The standard InChI is InChI=1S/C22H24N2O5/c1-15-2-4-16(5-3-15)6-7-17-8-10-23(11-9-17)22(25)18-12-20-21(29-14-28-20)13-19(18)24(26)27/h2-5,12-13,17H,6-11,14H2,1H3. The van der Waals surface area contributed by atoms with Crippen molar-refractivity contribution in [1.82, 2.24) is 4.90 Å². The highest BCUT2D eigenvalue weighted by Gasteiger charge is 2.31. The fourth-order valence-electron chi connectivity index (χ4n) is 3.97. The van der Waals surface area contributed by atoms with Crippen LogP contribution in [0.5, 0.6) is 11.5 Å². The number of carbonyl (C=O) groups is 1. The van der Waals surface area contributed by atoms with Gasteiger partial charge in [-0.3, -0.25) is 14.9 Å². The number of piperidine rings is 1. The molecule has 1 amide bonds. The number of hydrogen-bond acceptors (Lipinski definition) is 5. The molecule has 2 aliphatic heterocycles. The Morgan fingerprint density at radius 1 is 1.14 bits per heavy atom. The van der Waals surface area contributed by atoms with E-state index in [1.165, 1.54) is 23.3 Å². The Labute approximate surface area is 169 Å². The van der Waals surface area contributed by atoms with E-state index >= 15 is 0 Å². The van der Waals surface area contributed by atoms with Gasteiger partial charge in [-0.15, -0.1) is 0 Å². The lowest BCUT2D eigenvalue weighted by atomic mass is 9.90. The van der Waals surface area contributed by atoms with Crippen LogP contribution in [0.4, 0.5) is 5.69 Å². The van der Waals surface area contributed by atoms with Gasteiger partial charge < -0.3 is 14.4 Å². The van der Waals surface area contributed by atoms with Crippen molar-refractivity contribution in [3.63, 3.8) is 0 Å². The average Bonchev–Trinajstić information content (AvgIpc) is 3.20. The van der Waals surface area contributed by atoms with E-state index in [4.69, 9.17) is 9.47 Å². The summed E-state index contributed by atoms with van der Waals surface area (Å²) in [5.74, 6) is 0.939. The van der Waals surface area contributed by atoms with Crippen LogP contribution < -0.4 is 9.47 Å². The zero-order valence-electron chi connectivity index (χ0n) is 16.4. The van der Waals surface area contributed by atoms with Gasteiger partial charge in [0.25, 0.3) is 11.6 Å². The van der Waals surface area contributed by atoms with E-state index in [1.807, 2.05) is 0 Å². The Morgan fingerprint density at radius 2 is 1.79 bits per heavy atom. The first-order valence-corrected chi connectivity index (χ1v) is 9.94. The quantitative estimate of drug-likeness (QED) is 0.561. The molecule has 0 aromatic heterocycles. The number of ether oxygens (including phenoxy) is 2. The molecule has 0 bridgehead atoms. The van der Waals surface area contributed by atoms with E-state index in [-0.39, 0.29) is 24.0 Å². The van der Waals surface area contributed by atoms with Gasteiger partial charge in [-0.25, -0.2) is 0 Å². The first kappa shape index (κ1) is 19.2. The highest BCUT2D eigenvalue weighted by atomic mass is 16.7. The number of fused-ring (bicyclic) bond motifs is 1. The predicted octanol–water partition coefficient (Wildman–Crippen LogP) is 4.12. The summed E-state index contributed by atoms with van der Waals surface area (Å²) in [6, 6.07) is 11.3. The fourth-order valence-corrected chi connectivity index (χ4v) is 3.97. The molecule has 4 rings (SSSR count). The van der Waals surface area contributed by atoms with Crippen LogP contribution >= 0.6 is 0 Å². The number of amides is 1. The van der Waals surface area contributed by atoms with Crippen molar-refractivity contribution in [2.45, 2.75) is 32.6 Å². The first-order valence-electron chi connectivity index (χ1n) is 9.94. The number of nitro benzene ring substituents is 1. The Balaban J connectivity index is 1.38. The van der Waals surface area contributed by atoms with E-state index in [9.17, 15) is 14.9 Å². The topological polar surface area (TPSA) is 81.9 Å². The van der Waals surface area contributed by atoms with Crippen LogP contribution in [-0.4, -0.2) is 35.6 Å². The lowest BCUT2D eigenvalue weighted by Crippen LogP contribution is -2.38. The lowest BCUT2D eigenvalue weighted by Gasteiger charge is -2.32. The Morgan fingerprint density at radius 3 is 2.45 bits per heavy atom. The molecule has 0 saturated carbocycles. The molecular weight excluding hydrogens is 372 g/mol. The SMILES string of the molecule is Cc1ccc(CCC2CCN(C(=O)c3cc4c(cc3[N+](=O)[O-])OCO4)CC2)cc1. The molecule has 0 radical (unpaired) electrons. The van der Waals surface area contributed by atoms with Crippen LogP contribution in [0.15, 0.2) is 36.4 Å². The summed E-state index contributed by atoms with van der Waals surface area (Å²) >= 11 is 0. The van der Waals surface area contributed by atoms with Crippen molar-refractivity contribution < 1.29 is 19.2 Å². The van der Waals surface area contributed by atoms with E-state index in [0.29, 0.717) is 30.5 Å². The highest BCUT2D eigenvalue weighted by molar-refractivity contribution is 5.99. The average molecular weight is 396 g/mol. The normalized spacial score (nSPS) is 16.1. The van der Waals surface area contributed by atoms with Crippen molar-refractivity contribution in [2.24, 2.45) is 5.92 Å². The zero-order chi connectivity index (χ0) is 20.4.